The van der Waals surface area contributed by atoms with Crippen molar-refractivity contribution in [3.8, 4) is 11.5 Å². The number of nitrogens with zero attached hydrogens (tertiary/aromatic N) is 2. The van der Waals surface area contributed by atoms with Crippen LogP contribution in [0.1, 0.15) is 59.3 Å². The summed E-state index contributed by atoms with van der Waals surface area (Å²) < 4.78 is 6.07. The smallest absolute Gasteiger partial charge is 0.276 e. The fourth-order valence-electron chi connectivity index (χ4n) is 4.10. The molecule has 1 aromatic heterocycles. The van der Waals surface area contributed by atoms with Gasteiger partial charge in [0.25, 0.3) is 5.91 Å². The Balaban J connectivity index is 1.35. The van der Waals surface area contributed by atoms with Crippen LogP contribution in [0, 0.1) is 0 Å². The molecule has 0 radical (unpaired) electrons. The Kier molecular flexibility index (Phi) is 4.47. The summed E-state index contributed by atoms with van der Waals surface area (Å²) in [5.41, 5.74) is 2.83. The molecule has 4 heteroatoms. The van der Waals surface area contributed by atoms with Crippen LogP contribution in [0.2, 0.25) is 0 Å². The van der Waals surface area contributed by atoms with Gasteiger partial charge in [0.05, 0.1) is 0 Å². The van der Waals surface area contributed by atoms with Gasteiger partial charge in [-0.15, -0.1) is 0 Å². The number of hydrogen-bond donors (Lipinski definition) is 0. The normalized spacial score (nSPS) is 17.6. The fourth-order valence-corrected chi connectivity index (χ4v) is 4.10. The number of piperidine rings is 1. The number of oxazole rings is 1. The van der Waals surface area contributed by atoms with Crippen molar-refractivity contribution in [3.63, 3.8) is 0 Å². The van der Waals surface area contributed by atoms with E-state index in [4.69, 9.17) is 4.42 Å². The first-order valence-corrected chi connectivity index (χ1v) is 10.2. The molecule has 0 N–H and O–H groups in total. The summed E-state index contributed by atoms with van der Waals surface area (Å²) >= 11 is 0. The Bertz CT molecular complexity index is 953. The maximum absolute atomic E-state index is 13.2. The average Bonchev–Trinajstić information content (AvgIpc) is 3.53. The lowest BCUT2D eigenvalue weighted by Gasteiger charge is -2.32. The molecule has 2 fully saturated rings. The molecule has 142 valence electrons. The van der Waals surface area contributed by atoms with Crippen LogP contribution in [0.5, 0.6) is 0 Å². The number of carbonyl (C=O) groups excluding carboxylic acids is 1. The number of likely N-dealkylation sites (tertiary alicyclic amines) is 1. The molecule has 1 amide bonds. The van der Waals surface area contributed by atoms with Crippen molar-refractivity contribution in [2.75, 3.05) is 13.1 Å². The molecule has 2 aromatic carbocycles. The summed E-state index contributed by atoms with van der Waals surface area (Å²) in [7, 11) is 0. The van der Waals surface area contributed by atoms with Crippen molar-refractivity contribution >= 4 is 5.91 Å². The molecule has 0 bridgehead atoms. The van der Waals surface area contributed by atoms with Gasteiger partial charge in [0, 0.05) is 24.6 Å². The Hall–Kier alpha value is -2.88. The zero-order chi connectivity index (χ0) is 18.9. The molecule has 2 aliphatic rings. The lowest BCUT2D eigenvalue weighted by molar-refractivity contribution is 0.0705. The van der Waals surface area contributed by atoms with Crippen molar-refractivity contribution in [2.24, 2.45) is 0 Å². The molecular formula is C24H24N2O2. The van der Waals surface area contributed by atoms with E-state index < -0.39 is 0 Å². The van der Waals surface area contributed by atoms with Gasteiger partial charge < -0.3 is 9.32 Å². The van der Waals surface area contributed by atoms with Gasteiger partial charge in [0.15, 0.2) is 5.69 Å². The van der Waals surface area contributed by atoms with Crippen LogP contribution >= 0.6 is 0 Å². The van der Waals surface area contributed by atoms with E-state index in [0.717, 1.165) is 50.1 Å². The average molecular weight is 372 g/mol. The number of amides is 1. The molecule has 1 saturated heterocycles. The molecule has 4 nitrogen and oxygen atoms in total. The first-order valence-electron chi connectivity index (χ1n) is 10.2. The largest absolute Gasteiger partial charge is 0.440 e. The third-order valence-corrected chi connectivity index (χ3v) is 5.88. The molecule has 0 unspecified atom stereocenters. The van der Waals surface area contributed by atoms with Crippen molar-refractivity contribution in [3.05, 3.63) is 77.7 Å². The third kappa shape index (κ3) is 3.35. The van der Waals surface area contributed by atoms with Gasteiger partial charge in [-0.3, -0.25) is 4.79 Å². The quantitative estimate of drug-likeness (QED) is 0.629. The highest BCUT2D eigenvalue weighted by Gasteiger charge is 2.36. The van der Waals surface area contributed by atoms with Crippen LogP contribution in [0.3, 0.4) is 0 Å². The van der Waals surface area contributed by atoms with Crippen LogP contribution in [-0.2, 0) is 0 Å². The second-order valence-electron chi connectivity index (χ2n) is 7.85. The van der Waals surface area contributed by atoms with E-state index in [0.29, 0.717) is 23.4 Å². The monoisotopic (exact) mass is 372 g/mol. The molecule has 28 heavy (non-hydrogen) atoms. The predicted octanol–water partition coefficient (Wildman–Crippen LogP) is 5.24. The minimum absolute atomic E-state index is 0.0272. The summed E-state index contributed by atoms with van der Waals surface area (Å²) in [5, 5.41) is 0. The van der Waals surface area contributed by atoms with E-state index >= 15 is 0 Å². The van der Waals surface area contributed by atoms with E-state index in [9.17, 15) is 4.79 Å². The van der Waals surface area contributed by atoms with Crippen LogP contribution < -0.4 is 0 Å². The molecular weight excluding hydrogens is 348 g/mol. The van der Waals surface area contributed by atoms with Crippen LogP contribution in [0.4, 0.5) is 0 Å². The van der Waals surface area contributed by atoms with E-state index in [2.05, 4.69) is 35.3 Å². The predicted molar refractivity (Wildman–Crippen MR) is 108 cm³/mol. The van der Waals surface area contributed by atoms with Gasteiger partial charge >= 0.3 is 0 Å². The second-order valence-corrected chi connectivity index (χ2v) is 7.85. The molecule has 0 spiro atoms. The van der Waals surface area contributed by atoms with E-state index in [-0.39, 0.29) is 5.91 Å². The van der Waals surface area contributed by atoms with Crippen molar-refractivity contribution < 1.29 is 9.21 Å². The zero-order valence-electron chi connectivity index (χ0n) is 15.9. The maximum Gasteiger partial charge on any atom is 0.276 e. The minimum Gasteiger partial charge on any atom is -0.440 e. The summed E-state index contributed by atoms with van der Waals surface area (Å²) in [4.78, 5) is 19.8. The highest BCUT2D eigenvalue weighted by molar-refractivity contribution is 5.94. The molecule has 2 heterocycles. The lowest BCUT2D eigenvalue weighted by Crippen LogP contribution is -2.38. The summed E-state index contributed by atoms with van der Waals surface area (Å²) in [5.74, 6) is 2.26. The summed E-state index contributed by atoms with van der Waals surface area (Å²) in [6.45, 7) is 1.55. The Morgan fingerprint density at radius 2 is 1.50 bits per heavy atom. The van der Waals surface area contributed by atoms with Crippen LogP contribution in [0.25, 0.3) is 11.5 Å². The number of hydrogen-bond acceptors (Lipinski definition) is 3. The topological polar surface area (TPSA) is 46.3 Å². The van der Waals surface area contributed by atoms with Crippen molar-refractivity contribution in [1.82, 2.24) is 9.88 Å². The zero-order valence-corrected chi connectivity index (χ0v) is 15.9. The minimum atomic E-state index is 0.0272. The summed E-state index contributed by atoms with van der Waals surface area (Å²) in [6, 6.07) is 20.5. The summed E-state index contributed by atoms with van der Waals surface area (Å²) in [6.07, 6.45) is 4.16. The Morgan fingerprint density at radius 1 is 0.857 bits per heavy atom. The number of aromatic nitrogens is 1. The van der Waals surface area contributed by atoms with E-state index in [1.807, 2.05) is 35.2 Å². The van der Waals surface area contributed by atoms with Gasteiger partial charge in [0.1, 0.15) is 5.76 Å². The lowest BCUT2D eigenvalue weighted by atomic mass is 9.89. The van der Waals surface area contributed by atoms with Crippen LogP contribution in [-0.4, -0.2) is 28.9 Å². The number of benzene rings is 2. The molecule has 3 aromatic rings. The highest BCUT2D eigenvalue weighted by Crippen LogP contribution is 2.43. The van der Waals surface area contributed by atoms with Gasteiger partial charge in [-0.2, -0.15) is 0 Å². The highest BCUT2D eigenvalue weighted by atomic mass is 16.4. The van der Waals surface area contributed by atoms with Crippen LogP contribution in [0.15, 0.2) is 65.1 Å². The van der Waals surface area contributed by atoms with Crippen molar-refractivity contribution in [1.29, 1.82) is 0 Å². The molecule has 1 saturated carbocycles. The van der Waals surface area contributed by atoms with Gasteiger partial charge in [-0.25, -0.2) is 4.98 Å². The van der Waals surface area contributed by atoms with Gasteiger partial charge in [-0.05, 0) is 49.3 Å². The molecule has 5 rings (SSSR count). The molecule has 1 aliphatic heterocycles. The fraction of sp³-hybridized carbons (Fsp3) is 0.333. The number of rotatable bonds is 4. The first kappa shape index (κ1) is 17.2. The Labute approximate surface area is 165 Å². The molecule has 1 aliphatic carbocycles. The van der Waals surface area contributed by atoms with E-state index in [1.54, 1.807) is 0 Å². The van der Waals surface area contributed by atoms with Gasteiger partial charge in [-0.1, -0.05) is 48.5 Å². The SMILES string of the molecule is O=C(c1nc(-c2ccccc2)oc1C1CC1)N1CCC(c2ccccc2)CC1. The first-order chi connectivity index (χ1) is 13.8. The third-order valence-electron chi connectivity index (χ3n) is 5.88. The van der Waals surface area contributed by atoms with Crippen molar-refractivity contribution in [2.45, 2.75) is 37.5 Å². The van der Waals surface area contributed by atoms with Gasteiger partial charge in [0.2, 0.25) is 5.89 Å². The molecule has 0 atom stereocenters. The van der Waals surface area contributed by atoms with E-state index in [1.165, 1.54) is 5.56 Å². The second kappa shape index (κ2) is 7.27. The Morgan fingerprint density at radius 3 is 2.14 bits per heavy atom. The standard InChI is InChI=1S/C24H24N2O2/c27-24(26-15-13-18(14-16-26)17-7-3-1-4-8-17)21-22(19-11-12-19)28-23(25-21)20-9-5-2-6-10-20/h1-10,18-19H,11-16H2. The maximum atomic E-state index is 13.2. The number of carbonyl (C=O) groups is 1.